The van der Waals surface area contributed by atoms with Crippen molar-refractivity contribution in [2.75, 3.05) is 5.75 Å². The molecule has 2 heterocycles. The second-order valence-corrected chi connectivity index (χ2v) is 10.8. The van der Waals surface area contributed by atoms with E-state index in [-0.39, 0.29) is 15.9 Å². The summed E-state index contributed by atoms with van der Waals surface area (Å²) in [6, 6.07) is 10.5. The Hall–Kier alpha value is -0.520. The maximum atomic E-state index is 12.1. The first kappa shape index (κ1) is 16.0. The van der Waals surface area contributed by atoms with Crippen molar-refractivity contribution in [3.8, 4) is 0 Å². The van der Waals surface area contributed by atoms with E-state index in [9.17, 15) is 4.79 Å². The molecule has 3 aliphatic rings. The number of hydrogen-bond acceptors (Lipinski definition) is 4. The Morgan fingerprint density at radius 2 is 1.74 bits per heavy atom. The third kappa shape index (κ3) is 2.96. The molecule has 5 heteroatoms. The van der Waals surface area contributed by atoms with Crippen molar-refractivity contribution < 1.29 is 4.79 Å². The largest absolute Gasteiger partial charge is 0.369 e. The number of nitrogens with two attached hydrogens (primary N) is 1. The minimum atomic E-state index is -0.151. The average molecular weight is 364 g/mol. The number of rotatable bonds is 2. The number of thioether (sulfide) groups is 3. The zero-order chi connectivity index (χ0) is 15.9. The van der Waals surface area contributed by atoms with E-state index >= 15 is 0 Å². The van der Waals surface area contributed by atoms with Gasteiger partial charge < -0.3 is 5.73 Å². The normalized spacial score (nSPS) is 36.5. The highest BCUT2D eigenvalue weighted by molar-refractivity contribution is 8.22. The third-order valence-electron chi connectivity index (χ3n) is 4.94. The van der Waals surface area contributed by atoms with Crippen LogP contribution in [0.1, 0.15) is 31.2 Å². The van der Waals surface area contributed by atoms with Crippen LogP contribution in [0.15, 0.2) is 36.4 Å². The lowest BCUT2D eigenvalue weighted by atomic mass is 10.00. The van der Waals surface area contributed by atoms with Gasteiger partial charge in [-0.05, 0) is 24.5 Å². The van der Waals surface area contributed by atoms with E-state index in [1.165, 1.54) is 36.2 Å². The van der Waals surface area contributed by atoms with Crippen LogP contribution >= 0.6 is 35.3 Å². The molecule has 2 aliphatic heterocycles. The fourth-order valence-corrected chi connectivity index (χ4v) is 9.92. The van der Waals surface area contributed by atoms with Crippen LogP contribution in [-0.4, -0.2) is 26.2 Å². The van der Waals surface area contributed by atoms with Gasteiger partial charge in [0, 0.05) is 21.2 Å². The molecule has 4 rings (SSSR count). The van der Waals surface area contributed by atoms with Crippen LogP contribution in [0.25, 0.3) is 4.91 Å². The second kappa shape index (κ2) is 6.41. The maximum absolute atomic E-state index is 12.1. The third-order valence-corrected chi connectivity index (χ3v) is 10.1. The molecule has 1 aromatic rings. The Morgan fingerprint density at radius 1 is 1.09 bits per heavy atom. The number of amides is 1. The van der Waals surface area contributed by atoms with E-state index < -0.39 is 0 Å². The summed E-state index contributed by atoms with van der Waals surface area (Å²) in [6.45, 7) is 0. The lowest BCUT2D eigenvalue weighted by Gasteiger charge is -2.36. The van der Waals surface area contributed by atoms with Gasteiger partial charge in [-0.1, -0.05) is 43.2 Å². The Labute approximate surface area is 150 Å². The molecular weight excluding hydrogens is 342 g/mol. The molecule has 23 heavy (non-hydrogen) atoms. The van der Waals surface area contributed by atoms with E-state index in [0.29, 0.717) is 10.5 Å². The van der Waals surface area contributed by atoms with Gasteiger partial charge in [0.2, 0.25) is 5.91 Å². The Morgan fingerprint density at radius 3 is 2.35 bits per heavy atom. The van der Waals surface area contributed by atoms with E-state index in [1.807, 2.05) is 29.6 Å². The summed E-state index contributed by atoms with van der Waals surface area (Å²) in [4.78, 5) is 13.4. The van der Waals surface area contributed by atoms with Crippen LogP contribution in [0.5, 0.6) is 0 Å². The summed E-state index contributed by atoms with van der Waals surface area (Å²) in [5.74, 6) is 0.593. The zero-order valence-electron chi connectivity index (χ0n) is 12.9. The number of carbonyl (C=O) groups excluding carboxylic acids is 1. The van der Waals surface area contributed by atoms with Crippen LogP contribution in [0, 0.1) is 5.92 Å². The first-order chi connectivity index (χ1) is 11.2. The van der Waals surface area contributed by atoms with Crippen molar-refractivity contribution in [1.29, 1.82) is 0 Å². The molecule has 2 fully saturated rings. The predicted octanol–water partition coefficient (Wildman–Crippen LogP) is 4.36. The quantitative estimate of drug-likeness (QED) is 0.848. The highest BCUT2D eigenvalue weighted by Crippen LogP contribution is 2.63. The van der Waals surface area contributed by atoms with Crippen LogP contribution in [0.2, 0.25) is 0 Å². The topological polar surface area (TPSA) is 43.1 Å². The van der Waals surface area contributed by atoms with Gasteiger partial charge in [0.1, 0.15) is 0 Å². The molecule has 2 N–H and O–H groups in total. The van der Waals surface area contributed by atoms with E-state index in [2.05, 4.69) is 30.3 Å². The highest BCUT2D eigenvalue weighted by Gasteiger charge is 2.53. The van der Waals surface area contributed by atoms with Gasteiger partial charge in [0.05, 0.1) is 10.00 Å². The molecule has 3 atom stereocenters. The monoisotopic (exact) mass is 363 g/mol. The SMILES string of the molecule is NC(=O)C1CSC(c2ccccc2)=CC12SC1CCCCC1S2. The summed E-state index contributed by atoms with van der Waals surface area (Å²) < 4.78 is -0.151. The summed E-state index contributed by atoms with van der Waals surface area (Å²) in [5.41, 5.74) is 7.05. The summed E-state index contributed by atoms with van der Waals surface area (Å²) in [6.07, 6.45) is 7.60. The van der Waals surface area contributed by atoms with Gasteiger partial charge in [0.25, 0.3) is 0 Å². The lowest BCUT2D eigenvalue weighted by Crippen LogP contribution is -2.41. The van der Waals surface area contributed by atoms with E-state index in [0.717, 1.165) is 5.75 Å². The highest BCUT2D eigenvalue weighted by atomic mass is 32.2. The van der Waals surface area contributed by atoms with Crippen LogP contribution in [0.3, 0.4) is 0 Å². The fourth-order valence-electron chi connectivity index (χ4n) is 3.73. The van der Waals surface area contributed by atoms with Crippen molar-refractivity contribution in [3.63, 3.8) is 0 Å². The average Bonchev–Trinajstić information content (AvgIpc) is 2.93. The molecule has 0 radical (unpaired) electrons. The molecule has 3 unspecified atom stereocenters. The van der Waals surface area contributed by atoms with E-state index in [1.54, 1.807) is 11.8 Å². The Kier molecular flexibility index (Phi) is 4.45. The molecule has 1 aromatic carbocycles. The molecule has 1 amide bonds. The zero-order valence-corrected chi connectivity index (χ0v) is 15.4. The Bertz CT molecular complexity index is 616. The van der Waals surface area contributed by atoms with Gasteiger partial charge >= 0.3 is 0 Å². The van der Waals surface area contributed by atoms with Gasteiger partial charge in [-0.2, -0.15) is 0 Å². The maximum Gasteiger partial charge on any atom is 0.223 e. The van der Waals surface area contributed by atoms with Crippen molar-refractivity contribution in [2.24, 2.45) is 11.7 Å². The van der Waals surface area contributed by atoms with Crippen LogP contribution in [-0.2, 0) is 4.79 Å². The molecule has 1 saturated heterocycles. The number of hydrogen-bond donors (Lipinski definition) is 1. The number of carbonyl (C=O) groups is 1. The summed E-state index contributed by atoms with van der Waals surface area (Å²) in [5, 5.41) is 1.37. The predicted molar refractivity (Wildman–Crippen MR) is 104 cm³/mol. The number of fused-ring (bicyclic) bond motifs is 1. The molecule has 1 spiro atoms. The van der Waals surface area contributed by atoms with Crippen molar-refractivity contribution >= 4 is 46.1 Å². The first-order valence-corrected chi connectivity index (χ1v) is 11.0. The van der Waals surface area contributed by atoms with Gasteiger partial charge in [-0.25, -0.2) is 0 Å². The second-order valence-electron chi connectivity index (χ2n) is 6.46. The van der Waals surface area contributed by atoms with Gasteiger partial charge in [-0.3, -0.25) is 4.79 Å². The van der Waals surface area contributed by atoms with Crippen molar-refractivity contribution in [3.05, 3.63) is 42.0 Å². The Balaban J connectivity index is 1.71. The van der Waals surface area contributed by atoms with E-state index in [4.69, 9.17) is 5.73 Å². The smallest absolute Gasteiger partial charge is 0.223 e. The molecular formula is C18H21NOS3. The van der Waals surface area contributed by atoms with Crippen LogP contribution in [0.4, 0.5) is 0 Å². The van der Waals surface area contributed by atoms with Crippen molar-refractivity contribution in [1.82, 2.24) is 0 Å². The molecule has 1 aliphatic carbocycles. The summed E-state index contributed by atoms with van der Waals surface area (Å²) in [7, 11) is 0. The standard InChI is InChI=1S/C18H21NOS3/c19-17(20)13-11-21-16(12-6-2-1-3-7-12)10-18(13)22-14-8-4-5-9-15(14)23-18/h1-3,6-7,10,13-15H,4-5,8-9,11H2,(H2,19,20). The fraction of sp³-hybridized carbons (Fsp3) is 0.500. The van der Waals surface area contributed by atoms with Gasteiger partial charge in [0.15, 0.2) is 0 Å². The van der Waals surface area contributed by atoms with Crippen molar-refractivity contribution in [2.45, 2.75) is 40.3 Å². The molecule has 0 aromatic heterocycles. The molecule has 122 valence electrons. The number of primary amides is 1. The lowest BCUT2D eigenvalue weighted by molar-refractivity contribution is -0.121. The number of benzene rings is 1. The summed E-state index contributed by atoms with van der Waals surface area (Å²) >= 11 is 5.83. The molecule has 2 nitrogen and oxygen atoms in total. The minimum absolute atomic E-state index is 0.0689. The molecule has 0 bridgehead atoms. The van der Waals surface area contributed by atoms with Crippen LogP contribution < -0.4 is 5.73 Å². The van der Waals surface area contributed by atoms with Gasteiger partial charge in [-0.15, -0.1) is 35.3 Å². The molecule has 1 saturated carbocycles. The minimum Gasteiger partial charge on any atom is -0.369 e. The first-order valence-electron chi connectivity index (χ1n) is 8.24.